The van der Waals surface area contributed by atoms with Crippen molar-refractivity contribution in [2.45, 2.75) is 10.9 Å². The molecule has 106 valence electrons. The average molecular weight is 298 g/mol. The Morgan fingerprint density at radius 2 is 2.00 bits per heavy atom. The van der Waals surface area contributed by atoms with Crippen LogP contribution < -0.4 is 5.32 Å². The lowest BCUT2D eigenvalue weighted by atomic mass is 10.2. The molecular weight excluding hydrogens is 284 g/mol. The van der Waals surface area contributed by atoms with E-state index < -0.39 is 0 Å². The van der Waals surface area contributed by atoms with Crippen LogP contribution in [-0.2, 0) is 5.75 Å². The normalized spacial score (nSPS) is 10.5. The Morgan fingerprint density at radius 3 is 2.71 bits per heavy atom. The number of anilines is 1. The first-order valence-corrected chi connectivity index (χ1v) is 7.42. The van der Waals surface area contributed by atoms with Gasteiger partial charge in [-0.3, -0.25) is 4.57 Å². The van der Waals surface area contributed by atoms with Gasteiger partial charge in [-0.2, -0.15) is 15.0 Å². The number of nitrogens with one attached hydrogen (secondary N) is 1. The van der Waals surface area contributed by atoms with E-state index in [-0.39, 0.29) is 0 Å². The molecule has 0 amide bonds. The van der Waals surface area contributed by atoms with Gasteiger partial charge in [-0.25, -0.2) is 4.98 Å². The first-order valence-electron chi connectivity index (χ1n) is 6.44. The molecule has 2 aromatic heterocycles. The Hall–Kier alpha value is -2.41. The van der Waals surface area contributed by atoms with Gasteiger partial charge < -0.3 is 5.32 Å². The van der Waals surface area contributed by atoms with Crippen molar-refractivity contribution in [3.8, 4) is 5.95 Å². The summed E-state index contributed by atoms with van der Waals surface area (Å²) in [5.41, 5.74) is 1.23. The summed E-state index contributed by atoms with van der Waals surface area (Å²) in [5.74, 6) is 1.92. The fourth-order valence-corrected chi connectivity index (χ4v) is 2.52. The summed E-state index contributed by atoms with van der Waals surface area (Å²) >= 11 is 1.58. The third-order valence-corrected chi connectivity index (χ3v) is 3.69. The van der Waals surface area contributed by atoms with Crippen LogP contribution >= 0.6 is 11.8 Å². The van der Waals surface area contributed by atoms with Crippen molar-refractivity contribution in [3.05, 3.63) is 54.6 Å². The van der Waals surface area contributed by atoms with Crippen LogP contribution in [-0.4, -0.2) is 31.6 Å². The van der Waals surface area contributed by atoms with Crippen LogP contribution in [0.3, 0.4) is 0 Å². The number of imidazole rings is 1. The highest BCUT2D eigenvalue weighted by Crippen LogP contribution is 2.20. The second kappa shape index (κ2) is 6.36. The molecule has 0 spiro atoms. The SMILES string of the molecule is CNc1nc(SCc2ccccc2)nc(-n2ccnc2)n1. The van der Waals surface area contributed by atoms with Gasteiger partial charge >= 0.3 is 0 Å². The summed E-state index contributed by atoms with van der Waals surface area (Å²) in [6, 6.07) is 10.2. The van der Waals surface area contributed by atoms with Crippen molar-refractivity contribution in [1.29, 1.82) is 0 Å². The second-order valence-corrected chi connectivity index (χ2v) is 5.18. The van der Waals surface area contributed by atoms with E-state index in [0.29, 0.717) is 17.1 Å². The maximum atomic E-state index is 4.46. The van der Waals surface area contributed by atoms with Gasteiger partial charge in [-0.15, -0.1) is 0 Å². The van der Waals surface area contributed by atoms with E-state index in [1.54, 1.807) is 42.1 Å². The number of nitrogens with zero attached hydrogens (tertiary/aromatic N) is 5. The fraction of sp³-hybridized carbons (Fsp3) is 0.143. The molecule has 0 fully saturated rings. The van der Waals surface area contributed by atoms with E-state index >= 15 is 0 Å². The highest BCUT2D eigenvalue weighted by Gasteiger charge is 2.08. The molecule has 0 aliphatic carbocycles. The molecule has 0 bridgehead atoms. The van der Waals surface area contributed by atoms with Crippen molar-refractivity contribution in [3.63, 3.8) is 0 Å². The smallest absolute Gasteiger partial charge is 0.240 e. The summed E-state index contributed by atoms with van der Waals surface area (Å²) in [5, 5.41) is 3.64. The Balaban J connectivity index is 1.83. The largest absolute Gasteiger partial charge is 0.357 e. The number of aromatic nitrogens is 5. The van der Waals surface area contributed by atoms with Gasteiger partial charge in [0.15, 0.2) is 5.16 Å². The molecule has 0 unspecified atom stereocenters. The van der Waals surface area contributed by atoms with Crippen molar-refractivity contribution < 1.29 is 0 Å². The molecule has 7 heteroatoms. The Kier molecular flexibility index (Phi) is 4.11. The molecule has 3 aromatic rings. The molecule has 0 aliphatic rings. The molecule has 0 saturated heterocycles. The molecule has 6 nitrogen and oxygen atoms in total. The predicted octanol–water partition coefficient (Wildman–Crippen LogP) is 2.39. The second-order valence-electron chi connectivity index (χ2n) is 4.24. The van der Waals surface area contributed by atoms with Crippen molar-refractivity contribution in [1.82, 2.24) is 24.5 Å². The van der Waals surface area contributed by atoms with Gasteiger partial charge in [0.05, 0.1) is 0 Å². The van der Waals surface area contributed by atoms with Crippen LogP contribution in [0, 0.1) is 0 Å². The maximum absolute atomic E-state index is 4.46. The van der Waals surface area contributed by atoms with Gasteiger partial charge in [0.2, 0.25) is 11.9 Å². The molecule has 0 radical (unpaired) electrons. The zero-order chi connectivity index (χ0) is 14.5. The first-order chi connectivity index (χ1) is 10.3. The molecule has 1 N–H and O–H groups in total. The minimum absolute atomic E-state index is 0.546. The van der Waals surface area contributed by atoms with Crippen LogP contribution in [0.2, 0.25) is 0 Å². The highest BCUT2D eigenvalue weighted by molar-refractivity contribution is 7.98. The van der Waals surface area contributed by atoms with Crippen LogP contribution in [0.5, 0.6) is 0 Å². The average Bonchev–Trinajstić information content (AvgIpc) is 3.08. The fourth-order valence-electron chi connectivity index (χ4n) is 1.74. The van der Waals surface area contributed by atoms with Crippen LogP contribution in [0.15, 0.2) is 54.2 Å². The topological polar surface area (TPSA) is 68.5 Å². The quantitative estimate of drug-likeness (QED) is 0.729. The Morgan fingerprint density at radius 1 is 1.14 bits per heavy atom. The van der Waals surface area contributed by atoms with Crippen LogP contribution in [0.1, 0.15) is 5.56 Å². The molecule has 1 aromatic carbocycles. The number of benzene rings is 1. The third-order valence-electron chi connectivity index (χ3n) is 2.77. The highest BCUT2D eigenvalue weighted by atomic mass is 32.2. The Bertz CT molecular complexity index is 699. The zero-order valence-corrected chi connectivity index (χ0v) is 12.3. The summed E-state index contributed by atoms with van der Waals surface area (Å²) < 4.78 is 1.76. The zero-order valence-electron chi connectivity index (χ0n) is 11.5. The van der Waals surface area contributed by atoms with E-state index in [9.17, 15) is 0 Å². The number of thioether (sulfide) groups is 1. The summed E-state index contributed by atoms with van der Waals surface area (Å²) in [4.78, 5) is 17.2. The minimum atomic E-state index is 0.546. The van der Waals surface area contributed by atoms with Gasteiger partial charge in [0.1, 0.15) is 6.33 Å². The lowest BCUT2D eigenvalue weighted by Crippen LogP contribution is -2.06. The van der Waals surface area contributed by atoms with E-state index in [2.05, 4.69) is 37.4 Å². The van der Waals surface area contributed by atoms with Crippen molar-refractivity contribution in [2.24, 2.45) is 0 Å². The predicted molar refractivity (Wildman–Crippen MR) is 82.5 cm³/mol. The molecule has 0 atom stereocenters. The molecule has 21 heavy (non-hydrogen) atoms. The van der Waals surface area contributed by atoms with Gasteiger partial charge in [0, 0.05) is 25.2 Å². The van der Waals surface area contributed by atoms with Crippen LogP contribution in [0.4, 0.5) is 5.95 Å². The molecular formula is C14H14N6S. The minimum Gasteiger partial charge on any atom is -0.357 e. The number of hydrogen-bond acceptors (Lipinski definition) is 6. The van der Waals surface area contributed by atoms with Crippen LogP contribution in [0.25, 0.3) is 5.95 Å². The van der Waals surface area contributed by atoms with E-state index in [0.717, 1.165) is 5.75 Å². The van der Waals surface area contributed by atoms with E-state index in [1.165, 1.54) is 5.56 Å². The maximum Gasteiger partial charge on any atom is 0.240 e. The molecule has 3 rings (SSSR count). The van der Waals surface area contributed by atoms with Crippen molar-refractivity contribution in [2.75, 3.05) is 12.4 Å². The summed E-state index contributed by atoms with van der Waals surface area (Å²) in [6.45, 7) is 0. The number of hydrogen-bond donors (Lipinski definition) is 1. The lowest BCUT2D eigenvalue weighted by molar-refractivity contribution is 0.828. The molecule has 0 saturated carbocycles. The Labute approximate surface area is 126 Å². The monoisotopic (exact) mass is 298 g/mol. The standard InChI is InChI=1S/C14H14N6S/c1-15-12-17-13(20-8-7-16-10-20)19-14(18-12)21-9-11-5-3-2-4-6-11/h2-8,10H,9H2,1H3,(H,15,17,18,19). The molecule has 2 heterocycles. The summed E-state index contributed by atoms with van der Waals surface area (Å²) in [6.07, 6.45) is 5.17. The van der Waals surface area contributed by atoms with Gasteiger partial charge in [0.25, 0.3) is 0 Å². The van der Waals surface area contributed by atoms with Crippen molar-refractivity contribution >= 4 is 17.7 Å². The van der Waals surface area contributed by atoms with E-state index in [1.807, 2.05) is 18.2 Å². The number of rotatable bonds is 5. The van der Waals surface area contributed by atoms with Gasteiger partial charge in [-0.05, 0) is 5.56 Å². The van der Waals surface area contributed by atoms with Gasteiger partial charge in [-0.1, -0.05) is 42.1 Å². The van der Waals surface area contributed by atoms with E-state index in [4.69, 9.17) is 0 Å². The lowest BCUT2D eigenvalue weighted by Gasteiger charge is -2.06. The first kappa shape index (κ1) is 13.6. The third kappa shape index (κ3) is 3.38. The molecule has 0 aliphatic heterocycles. The summed E-state index contributed by atoms with van der Waals surface area (Å²) in [7, 11) is 1.79.